The smallest absolute Gasteiger partial charge is 0.135 e. The van der Waals surface area contributed by atoms with E-state index in [1.54, 1.807) is 13.2 Å². The van der Waals surface area contributed by atoms with E-state index in [1.807, 2.05) is 6.07 Å². The topological polar surface area (TPSA) is 80.7 Å². The molecule has 3 aliphatic rings. The number of anilines is 1. The Morgan fingerprint density at radius 2 is 1.90 bits per heavy atom. The summed E-state index contributed by atoms with van der Waals surface area (Å²) in [5.41, 5.74) is 0.761. The average molecular weight is 483 g/mol. The Morgan fingerprint density at radius 1 is 1.20 bits per heavy atom. The normalized spacial score (nSPS) is 26.1. The summed E-state index contributed by atoms with van der Waals surface area (Å²) in [6, 6.07) is 2.86. The summed E-state index contributed by atoms with van der Waals surface area (Å²) in [6.07, 6.45) is 11.4. The Morgan fingerprint density at radius 3 is 2.50 bits per heavy atom. The van der Waals surface area contributed by atoms with E-state index >= 15 is 0 Å². The summed E-state index contributed by atoms with van der Waals surface area (Å²) < 4.78 is 0.845. The van der Waals surface area contributed by atoms with E-state index in [0.29, 0.717) is 12.1 Å². The number of halogens is 1. The number of rotatable bonds is 6. The van der Waals surface area contributed by atoms with E-state index in [4.69, 9.17) is 0 Å². The van der Waals surface area contributed by atoms with Gasteiger partial charge in [0.05, 0.1) is 0 Å². The quantitative estimate of drug-likeness (QED) is 0.464. The molecule has 4 rings (SSSR count). The van der Waals surface area contributed by atoms with Crippen molar-refractivity contribution in [1.29, 1.82) is 0 Å². The van der Waals surface area contributed by atoms with Gasteiger partial charge in [0.1, 0.15) is 12.0 Å². The third-order valence-corrected chi connectivity index (χ3v) is 7.05. The van der Waals surface area contributed by atoms with Crippen LogP contribution in [0.3, 0.4) is 0 Å². The summed E-state index contributed by atoms with van der Waals surface area (Å²) in [7, 11) is 1.73. The maximum absolute atomic E-state index is 10.3. The Labute approximate surface area is 190 Å². The third kappa shape index (κ3) is 6.89. The molecular weight excluding hydrogens is 444 g/mol. The molecule has 1 aromatic rings. The number of nitrogens with one attached hydrogen (secondary N) is 2. The van der Waals surface area contributed by atoms with Gasteiger partial charge in [-0.25, -0.2) is 4.98 Å². The molecule has 4 N–H and O–H groups in total. The molecule has 6 nitrogen and oxygen atoms in total. The van der Waals surface area contributed by atoms with Crippen molar-refractivity contribution in [3.8, 4) is 0 Å². The van der Waals surface area contributed by atoms with E-state index in [0.717, 1.165) is 41.3 Å². The van der Waals surface area contributed by atoms with Crippen LogP contribution in [0.2, 0.25) is 0 Å². The van der Waals surface area contributed by atoms with Crippen molar-refractivity contribution >= 4 is 21.7 Å². The highest BCUT2D eigenvalue weighted by Gasteiger charge is 2.32. The van der Waals surface area contributed by atoms with Crippen LogP contribution in [0.4, 0.5) is 5.82 Å². The highest BCUT2D eigenvalue weighted by atomic mass is 79.9. The summed E-state index contributed by atoms with van der Waals surface area (Å²) >= 11 is 3.44. The number of nitrogens with zero attached hydrogens (tertiary/aromatic N) is 2. The van der Waals surface area contributed by atoms with Crippen LogP contribution in [-0.2, 0) is 0 Å². The molecule has 2 heterocycles. The monoisotopic (exact) mass is 482 g/mol. The number of aromatic nitrogens is 1. The van der Waals surface area contributed by atoms with E-state index in [2.05, 4.69) is 43.4 Å². The van der Waals surface area contributed by atoms with Crippen molar-refractivity contribution in [2.75, 3.05) is 31.6 Å². The van der Waals surface area contributed by atoms with E-state index in [1.165, 1.54) is 44.9 Å². The Bertz CT molecular complexity index is 652. The van der Waals surface area contributed by atoms with E-state index in [-0.39, 0.29) is 12.5 Å². The van der Waals surface area contributed by atoms with Gasteiger partial charge in [0.25, 0.3) is 0 Å². The standard InChI is InChI=1S/C19H31BrN4O2.C4H8/c1-21-19(26)16-9-14(20)10-22-18(16)24-8-7-17(13(11-24)12-25)23-15-5-3-2-4-6-15;1-4-2-3-4/h9-10,13,15,17,19,21,23,25-26H,2-8,11-12H2,1H3;4H,2-3H2,1H3. The minimum Gasteiger partial charge on any atom is -0.396 e. The average Bonchev–Trinajstić information content (AvgIpc) is 3.56. The van der Waals surface area contributed by atoms with Gasteiger partial charge in [-0.15, -0.1) is 0 Å². The zero-order valence-corrected chi connectivity index (χ0v) is 20.1. The van der Waals surface area contributed by atoms with Crippen LogP contribution in [-0.4, -0.2) is 54.0 Å². The summed E-state index contributed by atoms with van der Waals surface area (Å²) in [5, 5.41) is 27.0. The first kappa shape index (κ1) is 23.9. The Hall–Kier alpha value is -0.730. The highest BCUT2D eigenvalue weighted by molar-refractivity contribution is 9.10. The number of pyridine rings is 1. The second-order valence-corrected chi connectivity index (χ2v) is 10.1. The van der Waals surface area contributed by atoms with E-state index in [9.17, 15) is 10.2 Å². The lowest BCUT2D eigenvalue weighted by molar-refractivity contribution is 0.147. The lowest BCUT2D eigenvalue weighted by Crippen LogP contribution is -2.54. The van der Waals surface area contributed by atoms with Crippen molar-refractivity contribution in [1.82, 2.24) is 15.6 Å². The molecular formula is C23H39BrN4O2. The molecule has 1 aliphatic heterocycles. The molecule has 0 spiro atoms. The first-order chi connectivity index (χ1) is 14.5. The number of aliphatic hydroxyl groups excluding tert-OH is 2. The van der Waals surface area contributed by atoms with Crippen LogP contribution in [0.15, 0.2) is 16.7 Å². The molecule has 170 valence electrons. The van der Waals surface area contributed by atoms with E-state index < -0.39 is 6.23 Å². The minimum atomic E-state index is -0.763. The zero-order chi connectivity index (χ0) is 21.5. The van der Waals surface area contributed by atoms with Crippen LogP contribution in [0.5, 0.6) is 0 Å². The molecule has 1 aromatic heterocycles. The molecule has 1 saturated heterocycles. The van der Waals surface area contributed by atoms with Gasteiger partial charge in [-0.3, -0.25) is 5.32 Å². The summed E-state index contributed by atoms with van der Waals surface area (Å²) in [4.78, 5) is 6.75. The molecule has 0 radical (unpaired) electrons. The number of hydrogen-bond donors (Lipinski definition) is 4. The maximum Gasteiger partial charge on any atom is 0.135 e. The first-order valence-corrected chi connectivity index (χ1v) is 12.4. The van der Waals surface area contributed by atoms with Crippen LogP contribution in [0.1, 0.15) is 70.1 Å². The van der Waals surface area contributed by atoms with Crippen LogP contribution < -0.4 is 15.5 Å². The first-order valence-electron chi connectivity index (χ1n) is 11.6. The van der Waals surface area contributed by atoms with Crippen molar-refractivity contribution in [3.63, 3.8) is 0 Å². The predicted molar refractivity (Wildman–Crippen MR) is 126 cm³/mol. The van der Waals surface area contributed by atoms with Gasteiger partial charge in [0, 0.05) is 53.9 Å². The molecule has 3 fully saturated rings. The Balaban J connectivity index is 0.000000572. The van der Waals surface area contributed by atoms with Gasteiger partial charge in [-0.2, -0.15) is 0 Å². The molecule has 0 aromatic carbocycles. The van der Waals surface area contributed by atoms with Crippen molar-refractivity contribution < 1.29 is 10.2 Å². The van der Waals surface area contributed by atoms with Crippen molar-refractivity contribution in [2.24, 2.45) is 11.8 Å². The van der Waals surface area contributed by atoms with Crippen molar-refractivity contribution in [3.05, 3.63) is 22.3 Å². The molecule has 30 heavy (non-hydrogen) atoms. The van der Waals surface area contributed by atoms with Gasteiger partial charge >= 0.3 is 0 Å². The predicted octanol–water partition coefficient (Wildman–Crippen LogP) is 3.58. The van der Waals surface area contributed by atoms with Gasteiger partial charge in [0.15, 0.2) is 0 Å². The molecule has 2 saturated carbocycles. The Kier molecular flexibility index (Phi) is 9.38. The fourth-order valence-electron chi connectivity index (χ4n) is 4.44. The molecule has 2 aliphatic carbocycles. The second-order valence-electron chi connectivity index (χ2n) is 9.23. The fourth-order valence-corrected chi connectivity index (χ4v) is 4.79. The van der Waals surface area contributed by atoms with Crippen molar-refractivity contribution in [2.45, 2.75) is 76.6 Å². The maximum atomic E-state index is 10.3. The number of hydrogen-bond acceptors (Lipinski definition) is 6. The molecule has 0 bridgehead atoms. The largest absolute Gasteiger partial charge is 0.396 e. The highest BCUT2D eigenvalue weighted by Crippen LogP contribution is 2.30. The summed E-state index contributed by atoms with van der Waals surface area (Å²) in [6.45, 7) is 4.07. The van der Waals surface area contributed by atoms with Crippen LogP contribution in [0, 0.1) is 11.8 Å². The SMILES string of the molecule is CC1CC1.CNC(O)c1cc(Br)cnc1N1CCC(NC2CCCCC2)C(CO)C1. The minimum absolute atomic E-state index is 0.168. The lowest BCUT2D eigenvalue weighted by Gasteiger charge is -2.41. The van der Waals surface area contributed by atoms with Crippen LogP contribution in [0.25, 0.3) is 0 Å². The second kappa shape index (κ2) is 11.8. The van der Waals surface area contributed by atoms with Gasteiger partial charge in [-0.1, -0.05) is 39.0 Å². The van der Waals surface area contributed by atoms with Crippen LogP contribution >= 0.6 is 15.9 Å². The molecule has 3 unspecified atom stereocenters. The zero-order valence-electron chi connectivity index (χ0n) is 18.5. The number of aliphatic hydroxyl groups is 2. The number of piperidine rings is 1. The van der Waals surface area contributed by atoms with Gasteiger partial charge in [-0.05, 0) is 54.2 Å². The van der Waals surface area contributed by atoms with Gasteiger partial charge < -0.3 is 20.4 Å². The fraction of sp³-hybridized carbons (Fsp3) is 0.783. The summed E-state index contributed by atoms with van der Waals surface area (Å²) in [5.74, 6) is 2.06. The third-order valence-electron chi connectivity index (χ3n) is 6.62. The van der Waals surface area contributed by atoms with Gasteiger partial charge in [0.2, 0.25) is 0 Å². The molecule has 3 atom stereocenters. The molecule has 7 heteroatoms. The molecule has 0 amide bonds. The lowest BCUT2D eigenvalue weighted by atomic mass is 9.89.